The van der Waals surface area contributed by atoms with Crippen LogP contribution in [-0.4, -0.2) is 49.7 Å². The molecule has 1 N–H and O–H groups in total. The van der Waals surface area contributed by atoms with Crippen molar-refractivity contribution in [3.63, 3.8) is 0 Å². The summed E-state index contributed by atoms with van der Waals surface area (Å²) < 4.78 is 5.87. The smallest absolute Gasteiger partial charge is 0.221 e. The topological polar surface area (TPSA) is 41.6 Å². The standard InChI is InChI=1S/C17H32N2O2/c1-19-12-6-5-8-15(19)14-17(20)18-11-7-13-21-16-9-3-2-4-10-16/h15-16H,2-14H2,1H3,(H,18,20). The molecule has 4 heteroatoms. The van der Waals surface area contributed by atoms with Crippen LogP contribution in [0.1, 0.15) is 64.2 Å². The molecule has 1 aliphatic carbocycles. The first-order valence-electron chi connectivity index (χ1n) is 8.84. The predicted octanol–water partition coefficient (Wildman–Crippen LogP) is 2.72. The van der Waals surface area contributed by atoms with Crippen LogP contribution in [0, 0.1) is 0 Å². The van der Waals surface area contributed by atoms with E-state index in [0.29, 0.717) is 18.6 Å². The fourth-order valence-corrected chi connectivity index (χ4v) is 3.47. The maximum Gasteiger partial charge on any atom is 0.221 e. The molecule has 21 heavy (non-hydrogen) atoms. The van der Waals surface area contributed by atoms with E-state index in [1.165, 1.54) is 44.9 Å². The van der Waals surface area contributed by atoms with Crippen molar-refractivity contribution in [1.29, 1.82) is 0 Å². The molecular weight excluding hydrogens is 264 g/mol. The summed E-state index contributed by atoms with van der Waals surface area (Å²) in [6.45, 7) is 2.67. The molecule has 1 saturated heterocycles. The fourth-order valence-electron chi connectivity index (χ4n) is 3.47. The largest absolute Gasteiger partial charge is 0.378 e. The normalized spacial score (nSPS) is 24.9. The zero-order valence-electron chi connectivity index (χ0n) is 13.6. The number of likely N-dealkylation sites (tertiary alicyclic amines) is 1. The van der Waals surface area contributed by atoms with E-state index in [9.17, 15) is 4.79 Å². The number of hydrogen-bond acceptors (Lipinski definition) is 3. The van der Waals surface area contributed by atoms with Crippen molar-refractivity contribution in [1.82, 2.24) is 10.2 Å². The van der Waals surface area contributed by atoms with Crippen molar-refractivity contribution in [2.45, 2.75) is 76.4 Å². The van der Waals surface area contributed by atoms with Crippen molar-refractivity contribution in [2.24, 2.45) is 0 Å². The number of carbonyl (C=O) groups excluding carboxylic acids is 1. The Morgan fingerprint density at radius 1 is 1.14 bits per heavy atom. The molecule has 2 rings (SSSR count). The third kappa shape index (κ3) is 6.35. The molecule has 2 fully saturated rings. The van der Waals surface area contributed by atoms with Gasteiger partial charge in [0.05, 0.1) is 6.10 Å². The molecule has 1 unspecified atom stereocenters. The third-order valence-corrected chi connectivity index (χ3v) is 4.89. The quantitative estimate of drug-likeness (QED) is 0.735. The molecule has 1 saturated carbocycles. The van der Waals surface area contributed by atoms with Gasteiger partial charge in [0.2, 0.25) is 5.91 Å². The molecule has 0 aromatic carbocycles. The van der Waals surface area contributed by atoms with Gasteiger partial charge in [-0.05, 0) is 45.7 Å². The highest BCUT2D eigenvalue weighted by atomic mass is 16.5. The Bertz CT molecular complexity index is 303. The molecule has 122 valence electrons. The van der Waals surface area contributed by atoms with E-state index in [1.54, 1.807) is 0 Å². The van der Waals surface area contributed by atoms with Gasteiger partial charge in [-0.1, -0.05) is 25.7 Å². The van der Waals surface area contributed by atoms with Gasteiger partial charge in [0.1, 0.15) is 0 Å². The minimum Gasteiger partial charge on any atom is -0.378 e. The van der Waals surface area contributed by atoms with Crippen molar-refractivity contribution in [3.8, 4) is 0 Å². The lowest BCUT2D eigenvalue weighted by atomic mass is 9.98. The number of carbonyl (C=O) groups is 1. The molecule has 2 aliphatic rings. The molecule has 0 spiro atoms. The van der Waals surface area contributed by atoms with Gasteiger partial charge in [0, 0.05) is 25.6 Å². The van der Waals surface area contributed by atoms with Gasteiger partial charge in [0.25, 0.3) is 0 Å². The van der Waals surface area contributed by atoms with E-state index >= 15 is 0 Å². The second kappa shape index (κ2) is 9.42. The van der Waals surface area contributed by atoms with Crippen molar-refractivity contribution >= 4 is 5.91 Å². The van der Waals surface area contributed by atoms with Crippen LogP contribution in [0.2, 0.25) is 0 Å². The summed E-state index contributed by atoms with van der Waals surface area (Å²) in [5, 5.41) is 3.04. The third-order valence-electron chi connectivity index (χ3n) is 4.89. The van der Waals surface area contributed by atoms with Gasteiger partial charge >= 0.3 is 0 Å². The summed E-state index contributed by atoms with van der Waals surface area (Å²) >= 11 is 0. The first kappa shape index (κ1) is 16.8. The maximum atomic E-state index is 11.9. The number of nitrogens with zero attached hydrogens (tertiary/aromatic N) is 1. The van der Waals surface area contributed by atoms with E-state index in [0.717, 1.165) is 32.5 Å². The van der Waals surface area contributed by atoms with Crippen LogP contribution in [-0.2, 0) is 9.53 Å². The number of hydrogen-bond donors (Lipinski definition) is 1. The SMILES string of the molecule is CN1CCCCC1CC(=O)NCCCOC1CCCCC1. The van der Waals surface area contributed by atoms with Gasteiger partial charge < -0.3 is 15.0 Å². The van der Waals surface area contributed by atoms with Gasteiger partial charge in [-0.15, -0.1) is 0 Å². The minimum absolute atomic E-state index is 0.200. The van der Waals surface area contributed by atoms with E-state index in [1.807, 2.05) is 0 Å². The lowest BCUT2D eigenvalue weighted by Gasteiger charge is -2.31. The molecule has 1 amide bonds. The van der Waals surface area contributed by atoms with Crippen LogP contribution in [0.25, 0.3) is 0 Å². The molecule has 0 aromatic rings. The maximum absolute atomic E-state index is 11.9. The number of piperidine rings is 1. The summed E-state index contributed by atoms with van der Waals surface area (Å²) in [4.78, 5) is 14.3. The molecule has 4 nitrogen and oxygen atoms in total. The van der Waals surface area contributed by atoms with E-state index in [4.69, 9.17) is 4.74 Å². The van der Waals surface area contributed by atoms with Crippen LogP contribution >= 0.6 is 0 Å². The number of ether oxygens (including phenoxy) is 1. The van der Waals surface area contributed by atoms with Crippen LogP contribution in [0.4, 0.5) is 0 Å². The number of amides is 1. The summed E-state index contributed by atoms with van der Waals surface area (Å²) in [6.07, 6.45) is 12.2. The Labute approximate surface area is 129 Å². The average molecular weight is 296 g/mol. The molecular formula is C17H32N2O2. The van der Waals surface area contributed by atoms with Gasteiger partial charge in [-0.25, -0.2) is 0 Å². The van der Waals surface area contributed by atoms with Crippen LogP contribution in [0.15, 0.2) is 0 Å². The van der Waals surface area contributed by atoms with E-state index in [-0.39, 0.29) is 5.91 Å². The monoisotopic (exact) mass is 296 g/mol. The Morgan fingerprint density at radius 3 is 2.67 bits per heavy atom. The Hall–Kier alpha value is -0.610. The molecule has 0 aromatic heterocycles. The minimum atomic E-state index is 0.200. The van der Waals surface area contributed by atoms with Gasteiger partial charge in [-0.3, -0.25) is 4.79 Å². The Balaban J connectivity index is 1.48. The predicted molar refractivity (Wildman–Crippen MR) is 85.3 cm³/mol. The lowest BCUT2D eigenvalue weighted by molar-refractivity contribution is -0.122. The summed E-state index contributed by atoms with van der Waals surface area (Å²) in [7, 11) is 2.13. The van der Waals surface area contributed by atoms with Crippen LogP contribution in [0.5, 0.6) is 0 Å². The molecule has 1 aliphatic heterocycles. The van der Waals surface area contributed by atoms with Crippen molar-refractivity contribution in [2.75, 3.05) is 26.7 Å². The Morgan fingerprint density at radius 2 is 1.90 bits per heavy atom. The van der Waals surface area contributed by atoms with Crippen molar-refractivity contribution in [3.05, 3.63) is 0 Å². The molecule has 1 atom stereocenters. The highest BCUT2D eigenvalue weighted by Gasteiger charge is 2.21. The van der Waals surface area contributed by atoms with E-state index in [2.05, 4.69) is 17.3 Å². The second-order valence-corrected chi connectivity index (χ2v) is 6.67. The first-order chi connectivity index (χ1) is 10.3. The molecule has 0 radical (unpaired) electrons. The number of rotatable bonds is 7. The Kier molecular flexibility index (Phi) is 7.51. The second-order valence-electron chi connectivity index (χ2n) is 6.67. The average Bonchev–Trinajstić information content (AvgIpc) is 2.50. The fraction of sp³-hybridized carbons (Fsp3) is 0.941. The highest BCUT2D eigenvalue weighted by molar-refractivity contribution is 5.76. The van der Waals surface area contributed by atoms with E-state index < -0.39 is 0 Å². The zero-order chi connectivity index (χ0) is 14.9. The highest BCUT2D eigenvalue weighted by Crippen LogP contribution is 2.20. The van der Waals surface area contributed by atoms with Gasteiger partial charge in [0.15, 0.2) is 0 Å². The zero-order valence-corrected chi connectivity index (χ0v) is 13.6. The summed E-state index contributed by atoms with van der Waals surface area (Å²) in [6, 6.07) is 0.442. The van der Waals surface area contributed by atoms with Crippen LogP contribution < -0.4 is 5.32 Å². The van der Waals surface area contributed by atoms with Crippen LogP contribution in [0.3, 0.4) is 0 Å². The molecule has 0 bridgehead atoms. The van der Waals surface area contributed by atoms with Crippen molar-refractivity contribution < 1.29 is 9.53 Å². The summed E-state index contributed by atoms with van der Waals surface area (Å²) in [5.41, 5.74) is 0. The van der Waals surface area contributed by atoms with Gasteiger partial charge in [-0.2, -0.15) is 0 Å². The number of nitrogens with one attached hydrogen (secondary N) is 1. The lowest BCUT2D eigenvalue weighted by Crippen LogP contribution is -2.40. The molecule has 1 heterocycles. The first-order valence-corrected chi connectivity index (χ1v) is 8.84. The summed E-state index contributed by atoms with van der Waals surface area (Å²) in [5.74, 6) is 0.200.